The quantitative estimate of drug-likeness (QED) is 0.513. The molecule has 0 aromatic heterocycles. The molecule has 6 nitrogen and oxygen atoms in total. The molecule has 3 N–H and O–H groups in total. The molecule has 2 aromatic carbocycles. The zero-order chi connectivity index (χ0) is 22.1. The molecular formula is C21H25F3N3O3+. The predicted molar refractivity (Wildman–Crippen MR) is 107 cm³/mol. The first-order valence-electron chi connectivity index (χ1n) is 9.63. The van der Waals surface area contributed by atoms with Gasteiger partial charge in [-0.3, -0.25) is 9.59 Å². The van der Waals surface area contributed by atoms with E-state index in [-0.39, 0.29) is 19.0 Å². The fourth-order valence-electron chi connectivity index (χ4n) is 2.87. The first-order chi connectivity index (χ1) is 14.3. The number of carbonyl (C=O) groups is 2. The Bertz CT molecular complexity index is 876. The number of ether oxygens (including phenoxy) is 1. The largest absolute Gasteiger partial charge is 0.494 e. The first kappa shape index (κ1) is 23.2. The minimum absolute atomic E-state index is 0.00866. The summed E-state index contributed by atoms with van der Waals surface area (Å²) in [5.41, 5.74) is 0.140. The second kappa shape index (κ2) is 11.2. The number of anilines is 2. The summed E-state index contributed by atoms with van der Waals surface area (Å²) in [6.45, 7) is 4.70. The Morgan fingerprint density at radius 1 is 0.900 bits per heavy atom. The van der Waals surface area contributed by atoms with Crippen LogP contribution in [0.3, 0.4) is 0 Å². The van der Waals surface area contributed by atoms with Gasteiger partial charge in [-0.1, -0.05) is 6.92 Å². The summed E-state index contributed by atoms with van der Waals surface area (Å²) in [5, 5.41) is 4.97. The van der Waals surface area contributed by atoms with Gasteiger partial charge in [-0.25, -0.2) is 13.2 Å². The van der Waals surface area contributed by atoms with Gasteiger partial charge in [-0.15, -0.1) is 0 Å². The van der Waals surface area contributed by atoms with Crippen molar-refractivity contribution >= 4 is 23.2 Å². The van der Waals surface area contributed by atoms with Gasteiger partial charge in [0.2, 0.25) is 0 Å². The van der Waals surface area contributed by atoms with E-state index < -0.39 is 29.0 Å². The number of nitrogens with one attached hydrogen (secondary N) is 3. The van der Waals surface area contributed by atoms with Crippen molar-refractivity contribution in [2.75, 3.05) is 36.9 Å². The highest BCUT2D eigenvalue weighted by Crippen LogP contribution is 2.19. The Kier molecular flexibility index (Phi) is 8.67. The maximum Gasteiger partial charge on any atom is 0.279 e. The lowest BCUT2D eigenvalue weighted by molar-refractivity contribution is -0.883. The Morgan fingerprint density at radius 2 is 1.53 bits per heavy atom. The number of amides is 2. The van der Waals surface area contributed by atoms with Crippen molar-refractivity contribution in [2.45, 2.75) is 20.3 Å². The van der Waals surface area contributed by atoms with Crippen molar-refractivity contribution in [2.24, 2.45) is 0 Å². The van der Waals surface area contributed by atoms with Gasteiger partial charge >= 0.3 is 0 Å². The van der Waals surface area contributed by atoms with E-state index in [9.17, 15) is 22.8 Å². The fraction of sp³-hybridized carbons (Fsp3) is 0.333. The number of quaternary nitrogens is 1. The Hall–Kier alpha value is -3.07. The molecule has 162 valence electrons. The molecular weight excluding hydrogens is 399 g/mol. The lowest BCUT2D eigenvalue weighted by Gasteiger charge is -2.18. The molecule has 1 atom stereocenters. The Labute approximate surface area is 173 Å². The van der Waals surface area contributed by atoms with Gasteiger partial charge in [0, 0.05) is 5.69 Å². The van der Waals surface area contributed by atoms with Gasteiger partial charge in [0.1, 0.15) is 5.75 Å². The minimum atomic E-state index is -1.65. The van der Waals surface area contributed by atoms with Gasteiger partial charge in [0.05, 0.1) is 18.8 Å². The number of hydrogen-bond donors (Lipinski definition) is 3. The predicted octanol–water partition coefficient (Wildman–Crippen LogP) is 2.37. The molecule has 0 spiro atoms. The van der Waals surface area contributed by atoms with Gasteiger partial charge in [0.15, 0.2) is 30.5 Å². The minimum Gasteiger partial charge on any atom is -0.494 e. The highest BCUT2D eigenvalue weighted by molar-refractivity contribution is 5.93. The number of halogens is 3. The summed E-state index contributed by atoms with van der Waals surface area (Å²) >= 11 is 0. The van der Waals surface area contributed by atoms with E-state index in [1.165, 1.54) is 0 Å². The van der Waals surface area contributed by atoms with Crippen LogP contribution in [0, 0.1) is 17.5 Å². The summed E-state index contributed by atoms with van der Waals surface area (Å²) in [6.07, 6.45) is 0.707. The van der Waals surface area contributed by atoms with Crippen LogP contribution in [0.4, 0.5) is 24.5 Å². The molecule has 0 fully saturated rings. The number of rotatable bonds is 10. The summed E-state index contributed by atoms with van der Waals surface area (Å²) in [6, 6.07) is 8.57. The lowest BCUT2D eigenvalue weighted by Crippen LogP contribution is -3.14. The maximum atomic E-state index is 13.7. The third-order valence-electron chi connectivity index (χ3n) is 4.18. The third-order valence-corrected chi connectivity index (χ3v) is 4.18. The van der Waals surface area contributed by atoms with E-state index >= 15 is 0 Å². The van der Waals surface area contributed by atoms with Crippen molar-refractivity contribution in [1.82, 2.24) is 0 Å². The van der Waals surface area contributed by atoms with Crippen LogP contribution < -0.4 is 20.3 Å². The van der Waals surface area contributed by atoms with Gasteiger partial charge in [0.25, 0.3) is 11.8 Å². The van der Waals surface area contributed by atoms with E-state index in [1.807, 2.05) is 13.8 Å². The molecule has 2 amide bonds. The Morgan fingerprint density at radius 3 is 2.13 bits per heavy atom. The van der Waals surface area contributed by atoms with Crippen molar-refractivity contribution in [3.05, 3.63) is 53.8 Å². The molecule has 2 aromatic rings. The second-order valence-corrected chi connectivity index (χ2v) is 6.63. The molecule has 0 heterocycles. The van der Waals surface area contributed by atoms with Crippen LogP contribution in [0.2, 0.25) is 0 Å². The summed E-state index contributed by atoms with van der Waals surface area (Å²) in [4.78, 5) is 25.2. The number of benzene rings is 2. The van der Waals surface area contributed by atoms with Gasteiger partial charge in [-0.05, 0) is 49.7 Å². The monoisotopic (exact) mass is 424 g/mol. The average Bonchev–Trinajstić information content (AvgIpc) is 2.70. The third kappa shape index (κ3) is 6.77. The lowest BCUT2D eigenvalue weighted by atomic mass is 10.2. The summed E-state index contributed by atoms with van der Waals surface area (Å²) < 4.78 is 45.4. The molecule has 0 aliphatic carbocycles. The SMILES string of the molecule is CCC[NH+](CC(=O)Nc1ccc(OCC)cc1)CC(=O)Nc1ccc(F)c(F)c1F. The molecule has 0 aliphatic rings. The van der Waals surface area contributed by atoms with Crippen LogP contribution >= 0.6 is 0 Å². The van der Waals surface area contributed by atoms with E-state index in [4.69, 9.17) is 4.74 Å². The van der Waals surface area contributed by atoms with Crippen LogP contribution in [-0.2, 0) is 9.59 Å². The molecule has 0 bridgehead atoms. The molecule has 9 heteroatoms. The van der Waals surface area contributed by atoms with Crippen molar-refractivity contribution < 1.29 is 32.4 Å². The number of hydrogen-bond acceptors (Lipinski definition) is 3. The topological polar surface area (TPSA) is 71.9 Å². The molecule has 1 unspecified atom stereocenters. The van der Waals surface area contributed by atoms with E-state index in [2.05, 4.69) is 10.6 Å². The number of carbonyl (C=O) groups excluding carboxylic acids is 2. The normalized spacial score (nSPS) is 11.6. The maximum absolute atomic E-state index is 13.7. The Balaban J connectivity index is 1.93. The molecule has 0 saturated carbocycles. The van der Waals surface area contributed by atoms with Crippen LogP contribution in [0.1, 0.15) is 20.3 Å². The van der Waals surface area contributed by atoms with Crippen LogP contribution in [-0.4, -0.2) is 38.1 Å². The molecule has 0 aliphatic heterocycles. The van der Waals surface area contributed by atoms with E-state index in [1.54, 1.807) is 24.3 Å². The fourth-order valence-corrected chi connectivity index (χ4v) is 2.87. The van der Waals surface area contributed by atoms with Gasteiger partial charge < -0.3 is 20.3 Å². The van der Waals surface area contributed by atoms with Crippen molar-refractivity contribution in [3.8, 4) is 5.75 Å². The zero-order valence-electron chi connectivity index (χ0n) is 16.9. The van der Waals surface area contributed by atoms with Gasteiger partial charge in [-0.2, -0.15) is 0 Å². The highest BCUT2D eigenvalue weighted by Gasteiger charge is 2.20. The van der Waals surface area contributed by atoms with Crippen molar-refractivity contribution in [3.63, 3.8) is 0 Å². The van der Waals surface area contributed by atoms with E-state index in [0.29, 0.717) is 35.9 Å². The van der Waals surface area contributed by atoms with Crippen LogP contribution in [0.5, 0.6) is 5.75 Å². The average molecular weight is 424 g/mol. The standard InChI is InChI=1S/C21H24F3N3O3/c1-3-11-27(12-18(28)25-14-5-7-15(8-6-14)30-4-2)13-19(29)26-17-10-9-16(22)20(23)21(17)24/h5-10H,3-4,11-13H2,1-2H3,(H,25,28)(H,26,29)/p+1. The molecule has 2 rings (SSSR count). The van der Waals surface area contributed by atoms with Crippen LogP contribution in [0.25, 0.3) is 0 Å². The second-order valence-electron chi connectivity index (χ2n) is 6.63. The summed E-state index contributed by atoms with van der Waals surface area (Å²) in [5.74, 6) is -4.68. The molecule has 0 radical (unpaired) electrons. The zero-order valence-corrected chi connectivity index (χ0v) is 16.9. The van der Waals surface area contributed by atoms with E-state index in [0.717, 1.165) is 12.1 Å². The van der Waals surface area contributed by atoms with Crippen molar-refractivity contribution in [1.29, 1.82) is 0 Å². The van der Waals surface area contributed by atoms with Crippen LogP contribution in [0.15, 0.2) is 36.4 Å². The smallest absolute Gasteiger partial charge is 0.279 e. The first-order valence-corrected chi connectivity index (χ1v) is 9.63. The molecule has 0 saturated heterocycles. The highest BCUT2D eigenvalue weighted by atomic mass is 19.2. The molecule has 30 heavy (non-hydrogen) atoms. The summed E-state index contributed by atoms with van der Waals surface area (Å²) in [7, 11) is 0.